The van der Waals surface area contributed by atoms with Crippen molar-refractivity contribution < 1.29 is 17.6 Å². The topological polar surface area (TPSA) is 0 Å². The van der Waals surface area contributed by atoms with Gasteiger partial charge < -0.3 is 0 Å². The van der Waals surface area contributed by atoms with Gasteiger partial charge in [-0.05, 0) is 34.6 Å². The third-order valence-corrected chi connectivity index (χ3v) is 8.93. The molecule has 0 N–H and O–H groups in total. The lowest BCUT2D eigenvalue weighted by atomic mass is 10.3. The van der Waals surface area contributed by atoms with Gasteiger partial charge in [0.1, 0.15) is 8.07 Å². The average molecular weight is 442 g/mol. The minimum atomic E-state index is -2.56. The summed E-state index contributed by atoms with van der Waals surface area (Å²) in [6.07, 6.45) is 0. The highest BCUT2D eigenvalue weighted by atomic mass is 79.9. The summed E-state index contributed by atoms with van der Waals surface area (Å²) in [4.78, 5) is 0. The van der Waals surface area contributed by atoms with Crippen molar-refractivity contribution in [2.75, 3.05) is 0 Å². The predicted molar refractivity (Wildman–Crippen MR) is 84.9 cm³/mol. The molecule has 0 saturated heterocycles. The van der Waals surface area contributed by atoms with Gasteiger partial charge in [0.25, 0.3) is 0 Å². The third-order valence-electron chi connectivity index (χ3n) is 3.37. The van der Waals surface area contributed by atoms with E-state index >= 15 is 0 Å². The first kappa shape index (κ1) is 16.7. The van der Waals surface area contributed by atoms with Crippen LogP contribution < -0.4 is 10.4 Å². The molecule has 0 aliphatic rings. The van der Waals surface area contributed by atoms with E-state index in [9.17, 15) is 17.6 Å². The van der Waals surface area contributed by atoms with Crippen molar-refractivity contribution in [3.05, 3.63) is 56.5 Å². The van der Waals surface area contributed by atoms with Crippen molar-refractivity contribution in [1.29, 1.82) is 0 Å². The third kappa shape index (κ3) is 3.09. The Morgan fingerprint density at radius 2 is 0.952 bits per heavy atom. The molecule has 21 heavy (non-hydrogen) atoms. The Balaban J connectivity index is 2.67. The van der Waals surface area contributed by atoms with E-state index in [0.29, 0.717) is 19.3 Å². The van der Waals surface area contributed by atoms with Crippen LogP contribution in [0.3, 0.4) is 0 Å². The predicted octanol–water partition coefficient (Wildman–Crippen LogP) is 4.59. The lowest BCUT2D eigenvalue weighted by Gasteiger charge is -2.26. The van der Waals surface area contributed by atoms with Crippen molar-refractivity contribution in [2.45, 2.75) is 13.1 Å². The standard InChI is InChI=1S/C14H10Br2F4Si/c1-21(2,13-5-11(19)9(17)3-7(13)15)14-6-12(20)10(18)4-8(14)16/h3-6H,1-2H3. The summed E-state index contributed by atoms with van der Waals surface area (Å²) < 4.78 is 54.4. The Bertz CT molecular complexity index is 657. The van der Waals surface area contributed by atoms with Crippen LogP contribution in [0.5, 0.6) is 0 Å². The van der Waals surface area contributed by atoms with E-state index in [1.165, 1.54) is 0 Å². The van der Waals surface area contributed by atoms with Gasteiger partial charge in [0, 0.05) is 8.95 Å². The summed E-state index contributed by atoms with van der Waals surface area (Å²) in [6, 6.07) is 4.32. The van der Waals surface area contributed by atoms with E-state index in [2.05, 4.69) is 31.9 Å². The summed E-state index contributed by atoms with van der Waals surface area (Å²) in [5.74, 6) is -3.85. The molecule has 2 rings (SSSR count). The Labute approximate surface area is 137 Å². The highest BCUT2D eigenvalue weighted by molar-refractivity contribution is 9.11. The molecule has 0 bridgehead atoms. The van der Waals surface area contributed by atoms with Gasteiger partial charge >= 0.3 is 0 Å². The molecule has 0 saturated carbocycles. The van der Waals surface area contributed by atoms with Crippen LogP contribution in [0.1, 0.15) is 0 Å². The molecular formula is C14H10Br2F4Si. The first-order valence-electron chi connectivity index (χ1n) is 5.94. The van der Waals surface area contributed by atoms with Gasteiger partial charge in [-0.25, -0.2) is 17.6 Å². The van der Waals surface area contributed by atoms with Gasteiger partial charge in [0.15, 0.2) is 23.3 Å². The molecule has 0 aliphatic heterocycles. The highest BCUT2D eigenvalue weighted by Gasteiger charge is 2.32. The minimum absolute atomic E-state index is 0.412. The Kier molecular flexibility index (Phi) is 4.65. The minimum Gasteiger partial charge on any atom is -0.204 e. The quantitative estimate of drug-likeness (QED) is 0.363. The second kappa shape index (κ2) is 5.85. The maximum atomic E-state index is 13.5. The fourth-order valence-electron chi connectivity index (χ4n) is 2.15. The first-order valence-corrected chi connectivity index (χ1v) is 10.5. The van der Waals surface area contributed by atoms with Crippen LogP contribution in [-0.4, -0.2) is 8.07 Å². The van der Waals surface area contributed by atoms with Crippen LogP contribution in [0.15, 0.2) is 33.2 Å². The second-order valence-corrected chi connectivity index (χ2v) is 11.2. The fraction of sp³-hybridized carbons (Fsp3) is 0.143. The molecule has 0 nitrogen and oxygen atoms in total. The van der Waals surface area contributed by atoms with E-state index in [1.807, 2.05) is 13.1 Å². The van der Waals surface area contributed by atoms with Crippen molar-refractivity contribution in [3.8, 4) is 0 Å². The highest BCUT2D eigenvalue weighted by Crippen LogP contribution is 2.21. The smallest absolute Gasteiger partial charge is 0.159 e. The van der Waals surface area contributed by atoms with Crippen molar-refractivity contribution in [1.82, 2.24) is 0 Å². The molecule has 0 heterocycles. The Morgan fingerprint density at radius 1 is 0.667 bits per heavy atom. The lowest BCUT2D eigenvalue weighted by molar-refractivity contribution is 0.508. The molecule has 0 amide bonds. The molecule has 0 spiro atoms. The summed E-state index contributed by atoms with van der Waals surface area (Å²) >= 11 is 6.43. The number of halogens is 6. The van der Waals surface area contributed by atoms with Crippen molar-refractivity contribution in [3.63, 3.8) is 0 Å². The SMILES string of the molecule is C[Si](C)(c1cc(F)c(F)cc1Br)c1cc(F)c(F)cc1Br. The van der Waals surface area contributed by atoms with Gasteiger partial charge in [-0.15, -0.1) is 0 Å². The van der Waals surface area contributed by atoms with E-state index in [1.54, 1.807) is 0 Å². The molecule has 112 valence electrons. The van der Waals surface area contributed by atoms with Crippen LogP contribution in [0.25, 0.3) is 0 Å². The largest absolute Gasteiger partial charge is 0.204 e. The van der Waals surface area contributed by atoms with Crippen molar-refractivity contribution in [2.24, 2.45) is 0 Å². The van der Waals surface area contributed by atoms with Crippen LogP contribution in [-0.2, 0) is 0 Å². The first-order chi connectivity index (χ1) is 9.64. The zero-order valence-electron chi connectivity index (χ0n) is 11.1. The zero-order valence-corrected chi connectivity index (χ0v) is 15.2. The number of hydrogen-bond acceptors (Lipinski definition) is 0. The summed E-state index contributed by atoms with van der Waals surface area (Å²) in [5, 5.41) is 1.13. The molecule has 0 unspecified atom stereocenters. The number of benzene rings is 2. The molecule has 0 radical (unpaired) electrons. The van der Waals surface area contributed by atoms with Gasteiger partial charge in [-0.2, -0.15) is 0 Å². The maximum absolute atomic E-state index is 13.5. The van der Waals surface area contributed by atoms with Crippen LogP contribution in [0.2, 0.25) is 13.1 Å². The summed E-state index contributed by atoms with van der Waals surface area (Å²) in [5.41, 5.74) is 0. The van der Waals surface area contributed by atoms with Gasteiger partial charge in [-0.3, -0.25) is 0 Å². The second-order valence-electron chi connectivity index (χ2n) is 5.12. The Hall–Kier alpha value is -0.663. The monoisotopic (exact) mass is 440 g/mol. The zero-order chi connectivity index (χ0) is 15.9. The molecule has 7 heteroatoms. The molecule has 0 aromatic heterocycles. The van der Waals surface area contributed by atoms with Gasteiger partial charge in [0.2, 0.25) is 0 Å². The normalized spacial score (nSPS) is 11.8. The molecular weight excluding hydrogens is 432 g/mol. The molecule has 0 fully saturated rings. The van der Waals surface area contributed by atoms with Gasteiger partial charge in [-0.1, -0.05) is 45.0 Å². The average Bonchev–Trinajstić information content (AvgIpc) is 2.37. The fourth-order valence-corrected chi connectivity index (χ4v) is 8.36. The molecule has 2 aromatic rings. The Morgan fingerprint density at radius 3 is 1.29 bits per heavy atom. The van der Waals surface area contributed by atoms with Crippen LogP contribution in [0, 0.1) is 23.3 Å². The number of hydrogen-bond donors (Lipinski definition) is 0. The summed E-state index contributed by atoms with van der Waals surface area (Å²) in [7, 11) is -2.56. The lowest BCUT2D eigenvalue weighted by Crippen LogP contribution is -2.54. The molecule has 0 aliphatic carbocycles. The van der Waals surface area contributed by atoms with Crippen LogP contribution in [0.4, 0.5) is 17.6 Å². The van der Waals surface area contributed by atoms with Crippen LogP contribution >= 0.6 is 31.9 Å². The van der Waals surface area contributed by atoms with E-state index in [-0.39, 0.29) is 0 Å². The summed E-state index contributed by atoms with van der Waals surface area (Å²) in [6.45, 7) is 3.70. The van der Waals surface area contributed by atoms with E-state index in [4.69, 9.17) is 0 Å². The maximum Gasteiger partial charge on any atom is 0.159 e. The van der Waals surface area contributed by atoms with E-state index < -0.39 is 31.3 Å². The van der Waals surface area contributed by atoms with E-state index in [0.717, 1.165) is 24.3 Å². The van der Waals surface area contributed by atoms with Gasteiger partial charge in [0.05, 0.1) is 0 Å². The number of rotatable bonds is 2. The molecule has 0 atom stereocenters. The van der Waals surface area contributed by atoms with Crippen molar-refractivity contribution >= 4 is 50.3 Å². The molecule has 2 aromatic carbocycles.